The van der Waals surface area contributed by atoms with Crippen LogP contribution in [0.4, 0.5) is 4.79 Å². The molecule has 1 amide bonds. The first-order chi connectivity index (χ1) is 7.26. The minimum absolute atomic E-state index is 0.348. The molecule has 0 atom stereocenters. The van der Waals surface area contributed by atoms with Gasteiger partial charge in [0.2, 0.25) is 0 Å². The van der Waals surface area contributed by atoms with E-state index in [1.54, 1.807) is 24.5 Å². The Morgan fingerprint density at radius 2 is 2.40 bits per heavy atom. The van der Waals surface area contributed by atoms with Crippen molar-refractivity contribution in [2.75, 3.05) is 6.61 Å². The van der Waals surface area contributed by atoms with Crippen LogP contribution in [0, 0.1) is 0 Å². The summed E-state index contributed by atoms with van der Waals surface area (Å²) >= 11 is 1.66. The molecule has 0 saturated carbocycles. The normalized spacial score (nSPS) is 10.5. The Balaban J connectivity index is 2.40. The molecule has 0 unspecified atom stereocenters. The summed E-state index contributed by atoms with van der Waals surface area (Å²) in [6.07, 6.45) is 2.10. The summed E-state index contributed by atoms with van der Waals surface area (Å²) in [6.45, 7) is 4.19. The van der Waals surface area contributed by atoms with Crippen LogP contribution in [0.3, 0.4) is 0 Å². The zero-order valence-electron chi connectivity index (χ0n) is 8.82. The molecule has 82 valence electrons. The molecule has 0 saturated heterocycles. The summed E-state index contributed by atoms with van der Waals surface area (Å²) in [5.41, 5.74) is 2.27. The number of aryl methyl sites for hydroxylation is 1. The van der Waals surface area contributed by atoms with Crippen LogP contribution in [-0.2, 0) is 11.2 Å². The number of hydrazone groups is 1. The van der Waals surface area contributed by atoms with Gasteiger partial charge in [-0.2, -0.15) is 5.10 Å². The van der Waals surface area contributed by atoms with Gasteiger partial charge in [0.15, 0.2) is 0 Å². The van der Waals surface area contributed by atoms with Gasteiger partial charge < -0.3 is 4.74 Å². The predicted molar refractivity (Wildman–Crippen MR) is 61.4 cm³/mol. The van der Waals surface area contributed by atoms with Crippen LogP contribution < -0.4 is 5.43 Å². The minimum atomic E-state index is -0.527. The van der Waals surface area contributed by atoms with E-state index in [0.717, 1.165) is 11.3 Å². The Bertz CT molecular complexity index is 347. The van der Waals surface area contributed by atoms with Crippen molar-refractivity contribution in [3.8, 4) is 0 Å². The van der Waals surface area contributed by atoms with E-state index in [9.17, 15) is 4.79 Å². The third kappa shape index (κ3) is 4.12. The van der Waals surface area contributed by atoms with Crippen LogP contribution in [0.1, 0.15) is 23.6 Å². The van der Waals surface area contributed by atoms with Crippen LogP contribution in [0.25, 0.3) is 0 Å². The van der Waals surface area contributed by atoms with E-state index >= 15 is 0 Å². The lowest BCUT2D eigenvalue weighted by atomic mass is 10.4. The highest BCUT2D eigenvalue weighted by molar-refractivity contribution is 7.13. The highest BCUT2D eigenvalue weighted by atomic mass is 32.1. The van der Waals surface area contributed by atoms with E-state index in [1.165, 1.54) is 4.88 Å². The Morgan fingerprint density at radius 1 is 1.60 bits per heavy atom. The zero-order valence-corrected chi connectivity index (χ0v) is 9.63. The smallest absolute Gasteiger partial charge is 0.427 e. The van der Waals surface area contributed by atoms with Gasteiger partial charge in [0, 0.05) is 9.75 Å². The molecule has 0 fully saturated rings. The molecular formula is C10H14N2O2S. The van der Waals surface area contributed by atoms with Crippen molar-refractivity contribution >= 4 is 23.6 Å². The summed E-state index contributed by atoms with van der Waals surface area (Å²) in [6, 6.07) is 4.02. The maximum absolute atomic E-state index is 10.9. The van der Waals surface area contributed by atoms with E-state index in [0.29, 0.717) is 6.61 Å². The van der Waals surface area contributed by atoms with Crippen molar-refractivity contribution in [3.05, 3.63) is 21.9 Å². The third-order valence-electron chi connectivity index (χ3n) is 1.65. The summed E-state index contributed by atoms with van der Waals surface area (Å²) in [5.74, 6) is 0. The molecule has 15 heavy (non-hydrogen) atoms. The molecule has 0 aliphatic carbocycles. The van der Waals surface area contributed by atoms with Gasteiger partial charge in [-0.05, 0) is 25.5 Å². The summed E-state index contributed by atoms with van der Waals surface area (Å²) in [7, 11) is 0. The number of nitrogens with zero attached hydrogens (tertiary/aromatic N) is 1. The van der Waals surface area contributed by atoms with Crippen LogP contribution in [-0.4, -0.2) is 18.9 Å². The number of nitrogens with one attached hydrogen (secondary N) is 1. The largest absolute Gasteiger partial charge is 0.449 e. The van der Waals surface area contributed by atoms with Gasteiger partial charge in [0.1, 0.15) is 0 Å². The fraction of sp³-hybridized carbons (Fsp3) is 0.400. The molecule has 0 radical (unpaired) electrons. The second-order valence-corrected chi connectivity index (χ2v) is 3.95. The predicted octanol–water partition coefficient (Wildman–Crippen LogP) is 2.39. The molecule has 1 aromatic heterocycles. The molecular weight excluding hydrogens is 212 g/mol. The summed E-state index contributed by atoms with van der Waals surface area (Å²) in [5, 5.41) is 3.77. The second-order valence-electron chi connectivity index (χ2n) is 2.75. The van der Waals surface area contributed by atoms with Crippen molar-refractivity contribution in [1.29, 1.82) is 0 Å². The fourth-order valence-electron chi connectivity index (χ4n) is 0.966. The molecule has 4 nitrogen and oxygen atoms in total. The summed E-state index contributed by atoms with van der Waals surface area (Å²) in [4.78, 5) is 13.2. The molecule has 0 aromatic carbocycles. The first kappa shape index (κ1) is 11.7. The average Bonchev–Trinajstić information content (AvgIpc) is 2.66. The number of amides is 1. The lowest BCUT2D eigenvalue weighted by Gasteiger charge is -1.97. The topological polar surface area (TPSA) is 50.7 Å². The molecule has 5 heteroatoms. The van der Waals surface area contributed by atoms with Crippen molar-refractivity contribution in [1.82, 2.24) is 5.43 Å². The number of rotatable bonds is 4. The Labute approximate surface area is 93.0 Å². The van der Waals surface area contributed by atoms with Crippen molar-refractivity contribution in [3.63, 3.8) is 0 Å². The lowest BCUT2D eigenvalue weighted by molar-refractivity contribution is 0.152. The molecule has 0 aliphatic heterocycles. The lowest BCUT2D eigenvalue weighted by Crippen LogP contribution is -2.18. The molecule has 0 aliphatic rings. The maximum atomic E-state index is 10.9. The van der Waals surface area contributed by atoms with Crippen LogP contribution in [0.15, 0.2) is 17.2 Å². The molecule has 0 spiro atoms. The van der Waals surface area contributed by atoms with Crippen molar-refractivity contribution in [2.45, 2.75) is 20.3 Å². The van der Waals surface area contributed by atoms with Gasteiger partial charge in [-0.15, -0.1) is 11.3 Å². The Kier molecular flexibility index (Phi) is 4.83. The highest BCUT2D eigenvalue weighted by Crippen LogP contribution is 2.14. The zero-order chi connectivity index (χ0) is 11.1. The third-order valence-corrected chi connectivity index (χ3v) is 2.82. The van der Waals surface area contributed by atoms with E-state index in [1.807, 2.05) is 6.07 Å². The van der Waals surface area contributed by atoms with Crippen LogP contribution in [0.5, 0.6) is 0 Å². The Hall–Kier alpha value is -1.36. The number of carbonyl (C=O) groups excluding carboxylic acids is 1. The summed E-state index contributed by atoms with van der Waals surface area (Å²) < 4.78 is 4.65. The van der Waals surface area contributed by atoms with E-state index in [4.69, 9.17) is 0 Å². The molecule has 1 aromatic rings. The number of hydrogen-bond donors (Lipinski definition) is 1. The number of hydrogen-bond acceptors (Lipinski definition) is 4. The standard InChI is InChI=1S/C10H14N2O2S/c1-3-8-5-6-9(15-8)7-11-12-10(13)14-4-2/h5-7H,3-4H2,1-2H3,(H,12,13). The first-order valence-corrected chi connectivity index (χ1v) is 5.62. The molecule has 1 rings (SSSR count). The van der Waals surface area contributed by atoms with Gasteiger partial charge in [-0.1, -0.05) is 6.92 Å². The van der Waals surface area contributed by atoms with Gasteiger partial charge in [-0.25, -0.2) is 10.2 Å². The quantitative estimate of drug-likeness (QED) is 0.633. The molecule has 0 bridgehead atoms. The van der Waals surface area contributed by atoms with Gasteiger partial charge in [0.05, 0.1) is 12.8 Å². The van der Waals surface area contributed by atoms with E-state index < -0.39 is 6.09 Å². The van der Waals surface area contributed by atoms with E-state index in [2.05, 4.69) is 28.3 Å². The minimum Gasteiger partial charge on any atom is -0.449 e. The number of carbonyl (C=O) groups is 1. The SMILES string of the molecule is CCOC(=O)NN=Cc1ccc(CC)s1. The van der Waals surface area contributed by atoms with Gasteiger partial charge in [0.25, 0.3) is 0 Å². The second kappa shape index (κ2) is 6.19. The monoisotopic (exact) mass is 226 g/mol. The van der Waals surface area contributed by atoms with Gasteiger partial charge >= 0.3 is 6.09 Å². The number of ether oxygens (including phenoxy) is 1. The fourth-order valence-corrected chi connectivity index (χ4v) is 1.79. The van der Waals surface area contributed by atoms with E-state index in [-0.39, 0.29) is 0 Å². The molecule has 1 N–H and O–H groups in total. The van der Waals surface area contributed by atoms with Crippen molar-refractivity contribution in [2.24, 2.45) is 5.10 Å². The van der Waals surface area contributed by atoms with Gasteiger partial charge in [-0.3, -0.25) is 0 Å². The van der Waals surface area contributed by atoms with Crippen molar-refractivity contribution < 1.29 is 9.53 Å². The first-order valence-electron chi connectivity index (χ1n) is 4.80. The maximum Gasteiger partial charge on any atom is 0.427 e. The average molecular weight is 226 g/mol. The molecule has 1 heterocycles. The number of thiophene rings is 1. The van der Waals surface area contributed by atoms with Crippen LogP contribution in [0.2, 0.25) is 0 Å². The highest BCUT2D eigenvalue weighted by Gasteiger charge is 1.97. The van der Waals surface area contributed by atoms with Crippen LogP contribution >= 0.6 is 11.3 Å². The Morgan fingerprint density at radius 3 is 3.00 bits per heavy atom.